The van der Waals surface area contributed by atoms with Gasteiger partial charge in [-0.15, -0.1) is 0 Å². The second-order valence-corrected chi connectivity index (χ2v) is 13.6. The van der Waals surface area contributed by atoms with Crippen LogP contribution in [0.3, 0.4) is 0 Å². The molecule has 1 heterocycles. The zero-order valence-corrected chi connectivity index (χ0v) is 23.9. The molecule has 8 heteroatoms. The van der Waals surface area contributed by atoms with Crippen LogP contribution in [0.5, 0.6) is 0 Å². The lowest BCUT2D eigenvalue weighted by Gasteiger charge is -2.66. The lowest BCUT2D eigenvalue weighted by molar-refractivity contribution is -0.256. The number of cyclic esters (lactones) is 1. The molecule has 1 aliphatic heterocycles. The van der Waals surface area contributed by atoms with Gasteiger partial charge in [-0.2, -0.15) is 0 Å². The van der Waals surface area contributed by atoms with Gasteiger partial charge < -0.3 is 24.9 Å². The van der Waals surface area contributed by atoms with Crippen LogP contribution in [0, 0.1) is 28.6 Å². The Morgan fingerprint density at radius 3 is 2.33 bits per heavy atom. The summed E-state index contributed by atoms with van der Waals surface area (Å²) in [5, 5.41) is 36.1. The van der Waals surface area contributed by atoms with E-state index in [1.54, 1.807) is 6.08 Å². The predicted octanol–water partition coefficient (Wildman–Crippen LogP) is 2.96. The fourth-order valence-electron chi connectivity index (χ4n) is 9.88. The van der Waals surface area contributed by atoms with E-state index < -0.39 is 27.6 Å². The molecule has 0 aromatic rings. The van der Waals surface area contributed by atoms with Crippen molar-refractivity contribution >= 4 is 18.0 Å². The summed E-state index contributed by atoms with van der Waals surface area (Å²) >= 11 is 0. The van der Waals surface area contributed by atoms with Crippen LogP contribution in [0.25, 0.3) is 0 Å². The number of nitrogens with zero attached hydrogens (tertiary/aromatic N) is 1. The molecule has 3 N–H and O–H groups in total. The van der Waals surface area contributed by atoms with Crippen molar-refractivity contribution in [2.45, 2.75) is 108 Å². The van der Waals surface area contributed by atoms with Gasteiger partial charge in [0.1, 0.15) is 18.5 Å². The van der Waals surface area contributed by atoms with Crippen LogP contribution in [0.1, 0.15) is 91.4 Å². The molecule has 0 unspecified atom stereocenters. The molecule has 0 bridgehead atoms. The van der Waals surface area contributed by atoms with Crippen LogP contribution in [-0.2, 0) is 19.1 Å². The number of aliphatic hydroxyl groups is 3. The van der Waals surface area contributed by atoms with E-state index >= 15 is 0 Å². The highest BCUT2D eigenvalue weighted by Crippen LogP contribution is 2.70. The number of Topliss-reactive ketones (excluding diaryl/α,β-unsaturated/α-hetero) is 1. The van der Waals surface area contributed by atoms with Crippen molar-refractivity contribution in [2.24, 2.45) is 28.6 Å². The number of ether oxygens (including phenoxy) is 1. The summed E-state index contributed by atoms with van der Waals surface area (Å²) in [6.45, 7) is 8.23. The summed E-state index contributed by atoms with van der Waals surface area (Å²) in [7, 11) is 0. The van der Waals surface area contributed by atoms with Gasteiger partial charge in [-0.25, -0.2) is 4.79 Å². The Morgan fingerprint density at radius 2 is 1.72 bits per heavy atom. The van der Waals surface area contributed by atoms with Gasteiger partial charge in [0.15, 0.2) is 5.78 Å². The van der Waals surface area contributed by atoms with Crippen LogP contribution in [0.2, 0.25) is 0 Å². The van der Waals surface area contributed by atoms with E-state index in [9.17, 15) is 29.7 Å². The summed E-state index contributed by atoms with van der Waals surface area (Å²) in [5.41, 5.74) is -4.76. The minimum Gasteiger partial charge on any atom is -0.458 e. The van der Waals surface area contributed by atoms with Crippen molar-refractivity contribution in [2.75, 3.05) is 26.2 Å². The Morgan fingerprint density at radius 1 is 1.03 bits per heavy atom. The highest BCUT2D eigenvalue weighted by atomic mass is 16.5. The van der Waals surface area contributed by atoms with Crippen LogP contribution in [-0.4, -0.2) is 81.3 Å². The lowest BCUT2D eigenvalue weighted by atomic mass is 9.41. The predicted molar refractivity (Wildman–Crippen MR) is 145 cm³/mol. The van der Waals surface area contributed by atoms with Gasteiger partial charge in [-0.3, -0.25) is 9.69 Å². The van der Waals surface area contributed by atoms with E-state index in [1.807, 2.05) is 0 Å². The van der Waals surface area contributed by atoms with Gasteiger partial charge in [0.2, 0.25) is 0 Å². The van der Waals surface area contributed by atoms with Crippen molar-refractivity contribution in [1.82, 2.24) is 4.90 Å². The van der Waals surface area contributed by atoms with E-state index in [-0.39, 0.29) is 68.3 Å². The smallest absolute Gasteiger partial charge is 0.331 e. The largest absolute Gasteiger partial charge is 0.458 e. The Hall–Kier alpha value is -1.61. The monoisotopic (exact) mass is 545 g/mol. The zero-order valence-electron chi connectivity index (χ0n) is 23.9. The molecule has 39 heavy (non-hydrogen) atoms. The molecule has 0 spiro atoms. The molecule has 5 aliphatic rings. The lowest BCUT2D eigenvalue weighted by Crippen LogP contribution is -2.71. The van der Waals surface area contributed by atoms with Crippen LogP contribution in [0.15, 0.2) is 11.6 Å². The first kappa shape index (κ1) is 28.9. The SMILES string of the molecule is CCCN(CCC)CC(=O)[C@]1(O)CC[C@]2(C=O)[C@H]3CC[C@]4(C)[C@@H](C5=CC(=O)OC5)CC[C@]4(O)[C@@H]3CC[C@]2(O)C1. The van der Waals surface area contributed by atoms with E-state index in [0.717, 1.165) is 44.2 Å². The summed E-state index contributed by atoms with van der Waals surface area (Å²) in [4.78, 5) is 40.3. The topological polar surface area (TPSA) is 124 Å². The Kier molecular flexibility index (Phi) is 7.44. The number of fused-ring (bicyclic) bond motifs is 5. The van der Waals surface area contributed by atoms with E-state index in [2.05, 4.69) is 25.7 Å². The Bertz CT molecular complexity index is 1040. The van der Waals surface area contributed by atoms with Gasteiger partial charge in [-0.05, 0) is 101 Å². The molecule has 8 nitrogen and oxygen atoms in total. The average molecular weight is 546 g/mol. The van der Waals surface area contributed by atoms with Crippen molar-refractivity contribution in [3.63, 3.8) is 0 Å². The first-order valence-electron chi connectivity index (χ1n) is 15.2. The standard InChI is InChI=1S/C31H47NO7/c1-4-14-32(15-5-2)17-25(34)29(36)13-12-28(20-33)23-6-9-27(3)22(21-16-26(35)39-18-21)8-11-31(27,38)24(23)7-10-30(28,37)19-29/h16,20,22-24,36-38H,4-15,17-19H2,1-3H3/t22-,23+,24-,27-,28+,29+,30+,31+/m1/s1. The maximum absolute atomic E-state index is 13.4. The van der Waals surface area contributed by atoms with Gasteiger partial charge >= 0.3 is 5.97 Å². The number of carbonyl (C=O) groups is 3. The third-order valence-corrected chi connectivity index (χ3v) is 11.9. The van der Waals surface area contributed by atoms with Gasteiger partial charge in [0.25, 0.3) is 0 Å². The highest BCUT2D eigenvalue weighted by molar-refractivity contribution is 5.89. The molecule has 0 aromatic heterocycles. The quantitative estimate of drug-likeness (QED) is 0.298. The first-order valence-corrected chi connectivity index (χ1v) is 15.2. The fourth-order valence-corrected chi connectivity index (χ4v) is 9.88. The number of aldehydes is 1. The number of ketones is 1. The molecule has 5 rings (SSSR count). The molecular weight excluding hydrogens is 498 g/mol. The third-order valence-electron chi connectivity index (χ3n) is 11.9. The van der Waals surface area contributed by atoms with Crippen molar-refractivity contribution in [3.8, 4) is 0 Å². The van der Waals surface area contributed by atoms with Crippen LogP contribution >= 0.6 is 0 Å². The minimum atomic E-state index is -1.66. The summed E-state index contributed by atoms with van der Waals surface area (Å²) in [6.07, 6.45) is 8.07. The Labute approximate surface area is 232 Å². The second-order valence-electron chi connectivity index (χ2n) is 13.6. The van der Waals surface area contributed by atoms with E-state index in [1.165, 1.54) is 0 Å². The summed E-state index contributed by atoms with van der Waals surface area (Å²) in [5.74, 6) is -0.938. The first-order chi connectivity index (χ1) is 18.4. The van der Waals surface area contributed by atoms with Crippen molar-refractivity contribution in [3.05, 3.63) is 11.6 Å². The number of carbonyl (C=O) groups excluding carboxylic acids is 3. The number of hydrogen-bond donors (Lipinski definition) is 3. The maximum Gasteiger partial charge on any atom is 0.331 e. The average Bonchev–Trinajstić information content (AvgIpc) is 3.43. The molecule has 4 saturated carbocycles. The molecule has 0 radical (unpaired) electrons. The Balaban J connectivity index is 1.40. The van der Waals surface area contributed by atoms with Gasteiger partial charge in [0.05, 0.1) is 23.2 Å². The molecule has 218 valence electrons. The van der Waals surface area contributed by atoms with E-state index in [0.29, 0.717) is 25.7 Å². The summed E-state index contributed by atoms with van der Waals surface area (Å²) in [6, 6.07) is 0. The second kappa shape index (κ2) is 10.0. The van der Waals surface area contributed by atoms with Crippen LogP contribution < -0.4 is 0 Å². The van der Waals surface area contributed by atoms with E-state index in [4.69, 9.17) is 4.74 Å². The van der Waals surface area contributed by atoms with Crippen molar-refractivity contribution < 1.29 is 34.4 Å². The molecule has 0 amide bonds. The zero-order chi connectivity index (χ0) is 28.3. The fraction of sp³-hybridized carbons (Fsp3) is 0.839. The molecule has 0 saturated heterocycles. The number of rotatable bonds is 9. The molecule has 4 aliphatic carbocycles. The number of hydrogen-bond acceptors (Lipinski definition) is 8. The molecular formula is C31H47NO7. The maximum atomic E-state index is 13.4. The molecule has 8 atom stereocenters. The molecule has 0 aromatic carbocycles. The van der Waals surface area contributed by atoms with Crippen molar-refractivity contribution in [1.29, 1.82) is 0 Å². The van der Waals surface area contributed by atoms with Crippen LogP contribution in [0.4, 0.5) is 0 Å². The third kappa shape index (κ3) is 4.19. The van der Waals surface area contributed by atoms with Gasteiger partial charge in [0, 0.05) is 17.9 Å². The number of esters is 1. The van der Waals surface area contributed by atoms with Gasteiger partial charge in [-0.1, -0.05) is 20.8 Å². The normalized spacial score (nSPS) is 45.3. The minimum absolute atomic E-state index is 0.0474. The summed E-state index contributed by atoms with van der Waals surface area (Å²) < 4.78 is 5.20. The highest BCUT2D eigenvalue weighted by Gasteiger charge is 2.72. The molecule has 4 fully saturated rings.